The van der Waals surface area contributed by atoms with Gasteiger partial charge >= 0.3 is 0 Å². The molecular weight excluding hydrogens is 302 g/mol. The average molecular weight is 321 g/mol. The molecule has 6 nitrogen and oxygen atoms in total. The molecule has 1 aromatic carbocycles. The predicted molar refractivity (Wildman–Crippen MR) is 93.6 cm³/mol. The Hall–Kier alpha value is -2.86. The first kappa shape index (κ1) is 14.7. The average Bonchev–Trinajstić information content (AvgIpc) is 3.11. The van der Waals surface area contributed by atoms with E-state index in [-0.39, 0.29) is 6.01 Å². The minimum absolute atomic E-state index is 0.203. The van der Waals surface area contributed by atoms with Crippen LogP contribution < -0.4 is 11.5 Å². The van der Waals surface area contributed by atoms with Gasteiger partial charge < -0.3 is 20.3 Å². The molecule has 0 aliphatic heterocycles. The molecule has 0 unspecified atom stereocenters. The van der Waals surface area contributed by atoms with Crippen molar-refractivity contribution >= 4 is 22.8 Å². The van der Waals surface area contributed by atoms with E-state index in [9.17, 15) is 0 Å². The molecule has 0 amide bonds. The number of nitrogens with two attached hydrogens (primary N) is 2. The standard InChI is InChI=1S/C18H19N5O/c1-11-14(21-17-9-13(10-19)6-7-23(11)17)4-2-12-3-5-15-16(8-12)24-18(20)22-15/h3,5-9H,2,4,10,19H2,1H3,(H2,20,22). The molecule has 0 fully saturated rings. The van der Waals surface area contributed by atoms with Crippen LogP contribution >= 0.6 is 0 Å². The van der Waals surface area contributed by atoms with Crippen LogP contribution in [0.25, 0.3) is 16.7 Å². The molecular formula is C18H19N5O. The highest BCUT2D eigenvalue weighted by Crippen LogP contribution is 2.20. The van der Waals surface area contributed by atoms with Gasteiger partial charge in [0.15, 0.2) is 5.58 Å². The molecule has 122 valence electrons. The third-order valence-corrected chi connectivity index (χ3v) is 4.38. The van der Waals surface area contributed by atoms with E-state index in [0.717, 1.165) is 40.8 Å². The molecule has 0 saturated heterocycles. The summed E-state index contributed by atoms with van der Waals surface area (Å²) in [6.45, 7) is 2.62. The molecule has 4 N–H and O–H groups in total. The fourth-order valence-electron chi connectivity index (χ4n) is 3.03. The van der Waals surface area contributed by atoms with E-state index in [4.69, 9.17) is 20.9 Å². The summed E-state index contributed by atoms with van der Waals surface area (Å²) in [5.41, 5.74) is 18.3. The van der Waals surface area contributed by atoms with Gasteiger partial charge in [0.1, 0.15) is 11.2 Å². The van der Waals surface area contributed by atoms with Gasteiger partial charge in [0.25, 0.3) is 6.01 Å². The zero-order chi connectivity index (χ0) is 16.7. The molecule has 0 aliphatic rings. The summed E-state index contributed by atoms with van der Waals surface area (Å²) in [4.78, 5) is 8.87. The Bertz CT molecular complexity index is 1030. The van der Waals surface area contributed by atoms with Gasteiger partial charge in [-0.15, -0.1) is 0 Å². The highest BCUT2D eigenvalue weighted by Gasteiger charge is 2.10. The molecule has 3 heterocycles. The maximum absolute atomic E-state index is 5.71. The molecule has 6 heteroatoms. The molecule has 4 rings (SSSR count). The summed E-state index contributed by atoms with van der Waals surface area (Å²) in [6, 6.07) is 10.3. The van der Waals surface area contributed by atoms with Crippen molar-refractivity contribution in [1.29, 1.82) is 0 Å². The van der Waals surface area contributed by atoms with Crippen LogP contribution in [0, 0.1) is 6.92 Å². The summed E-state index contributed by atoms with van der Waals surface area (Å²) in [5.74, 6) is 0. The lowest BCUT2D eigenvalue weighted by atomic mass is 10.1. The number of imidazole rings is 1. The number of hydrogen-bond acceptors (Lipinski definition) is 5. The van der Waals surface area contributed by atoms with Crippen LogP contribution in [0.15, 0.2) is 40.9 Å². The van der Waals surface area contributed by atoms with Gasteiger partial charge in [0, 0.05) is 18.4 Å². The van der Waals surface area contributed by atoms with Crippen molar-refractivity contribution in [2.75, 3.05) is 5.73 Å². The fraction of sp³-hybridized carbons (Fsp3) is 0.222. The Morgan fingerprint density at radius 3 is 2.79 bits per heavy atom. The normalized spacial score (nSPS) is 11.6. The number of rotatable bonds is 4. The van der Waals surface area contributed by atoms with Gasteiger partial charge in [0.2, 0.25) is 0 Å². The van der Waals surface area contributed by atoms with Crippen molar-refractivity contribution in [3.63, 3.8) is 0 Å². The minimum atomic E-state index is 0.203. The third kappa shape index (κ3) is 2.51. The lowest BCUT2D eigenvalue weighted by molar-refractivity contribution is 0.625. The second-order valence-corrected chi connectivity index (χ2v) is 5.97. The number of nitrogens with zero attached hydrogens (tertiary/aromatic N) is 3. The lowest BCUT2D eigenvalue weighted by Gasteiger charge is -2.01. The van der Waals surface area contributed by atoms with Crippen LogP contribution in [0.5, 0.6) is 0 Å². The van der Waals surface area contributed by atoms with E-state index in [2.05, 4.69) is 22.4 Å². The Labute approximate surface area is 139 Å². The van der Waals surface area contributed by atoms with Crippen molar-refractivity contribution in [2.45, 2.75) is 26.3 Å². The van der Waals surface area contributed by atoms with E-state index in [1.165, 1.54) is 11.3 Å². The Kier molecular flexibility index (Phi) is 3.46. The monoisotopic (exact) mass is 321 g/mol. The van der Waals surface area contributed by atoms with Gasteiger partial charge in [-0.2, -0.15) is 4.98 Å². The second-order valence-electron chi connectivity index (χ2n) is 5.97. The van der Waals surface area contributed by atoms with Crippen LogP contribution in [-0.4, -0.2) is 14.4 Å². The van der Waals surface area contributed by atoms with Gasteiger partial charge in [-0.1, -0.05) is 6.07 Å². The predicted octanol–water partition coefficient (Wildman–Crippen LogP) is 2.61. The molecule has 0 radical (unpaired) electrons. The maximum atomic E-state index is 5.71. The van der Waals surface area contributed by atoms with Crippen molar-refractivity contribution in [1.82, 2.24) is 14.4 Å². The number of pyridine rings is 1. The van der Waals surface area contributed by atoms with Crippen molar-refractivity contribution in [3.05, 3.63) is 59.0 Å². The van der Waals surface area contributed by atoms with Gasteiger partial charge in [-0.05, 0) is 55.2 Å². The Morgan fingerprint density at radius 2 is 1.96 bits per heavy atom. The quantitative estimate of drug-likeness (QED) is 0.602. The fourth-order valence-corrected chi connectivity index (χ4v) is 3.03. The van der Waals surface area contributed by atoms with E-state index < -0.39 is 0 Å². The molecule has 0 aliphatic carbocycles. The summed E-state index contributed by atoms with van der Waals surface area (Å²) in [6.07, 6.45) is 3.78. The molecule has 0 atom stereocenters. The highest BCUT2D eigenvalue weighted by molar-refractivity contribution is 5.74. The van der Waals surface area contributed by atoms with Crippen LogP contribution in [0.4, 0.5) is 6.01 Å². The molecule has 0 spiro atoms. The van der Waals surface area contributed by atoms with Crippen LogP contribution in [0.3, 0.4) is 0 Å². The number of nitrogen functional groups attached to an aromatic ring is 1. The zero-order valence-corrected chi connectivity index (χ0v) is 13.5. The maximum Gasteiger partial charge on any atom is 0.292 e. The number of aryl methyl sites for hydroxylation is 3. The van der Waals surface area contributed by atoms with E-state index >= 15 is 0 Å². The van der Waals surface area contributed by atoms with E-state index in [1.807, 2.05) is 30.5 Å². The zero-order valence-electron chi connectivity index (χ0n) is 13.5. The number of oxazole rings is 1. The smallest absolute Gasteiger partial charge is 0.292 e. The van der Waals surface area contributed by atoms with E-state index in [0.29, 0.717) is 6.54 Å². The van der Waals surface area contributed by atoms with Crippen LogP contribution in [-0.2, 0) is 19.4 Å². The number of hydrogen-bond donors (Lipinski definition) is 2. The van der Waals surface area contributed by atoms with Gasteiger partial charge in [-0.25, -0.2) is 4.98 Å². The summed E-state index contributed by atoms with van der Waals surface area (Å²) in [5, 5.41) is 0. The highest BCUT2D eigenvalue weighted by atomic mass is 16.4. The van der Waals surface area contributed by atoms with E-state index in [1.54, 1.807) is 0 Å². The summed E-state index contributed by atoms with van der Waals surface area (Å²) in [7, 11) is 0. The largest absolute Gasteiger partial charge is 0.424 e. The Morgan fingerprint density at radius 1 is 1.08 bits per heavy atom. The number of aromatic nitrogens is 3. The molecule has 24 heavy (non-hydrogen) atoms. The molecule has 4 aromatic rings. The molecule has 0 bridgehead atoms. The van der Waals surface area contributed by atoms with Gasteiger partial charge in [-0.3, -0.25) is 0 Å². The first-order valence-electron chi connectivity index (χ1n) is 7.95. The minimum Gasteiger partial charge on any atom is -0.424 e. The van der Waals surface area contributed by atoms with Crippen LogP contribution in [0.2, 0.25) is 0 Å². The molecule has 0 saturated carbocycles. The first-order chi connectivity index (χ1) is 11.6. The van der Waals surface area contributed by atoms with Crippen LogP contribution in [0.1, 0.15) is 22.5 Å². The third-order valence-electron chi connectivity index (χ3n) is 4.38. The topological polar surface area (TPSA) is 95.4 Å². The lowest BCUT2D eigenvalue weighted by Crippen LogP contribution is -1.97. The van der Waals surface area contributed by atoms with Gasteiger partial charge in [0.05, 0.1) is 5.69 Å². The summed E-state index contributed by atoms with van der Waals surface area (Å²) < 4.78 is 7.50. The number of anilines is 1. The Balaban J connectivity index is 1.60. The SMILES string of the molecule is Cc1c(CCc2ccc3nc(N)oc3c2)nc2cc(CN)ccn12. The number of benzene rings is 1. The molecule has 3 aromatic heterocycles. The van der Waals surface area contributed by atoms with Crippen molar-refractivity contribution in [2.24, 2.45) is 5.73 Å². The number of fused-ring (bicyclic) bond motifs is 2. The second kappa shape index (κ2) is 5.65. The van der Waals surface area contributed by atoms with Crippen molar-refractivity contribution < 1.29 is 4.42 Å². The first-order valence-corrected chi connectivity index (χ1v) is 7.95. The summed E-state index contributed by atoms with van der Waals surface area (Å²) >= 11 is 0. The van der Waals surface area contributed by atoms with Crippen molar-refractivity contribution in [3.8, 4) is 0 Å².